The molecule has 1 aliphatic carbocycles. The van der Waals surface area contributed by atoms with E-state index >= 15 is 0 Å². The molecular formula is C12H20O5. The molecule has 17 heavy (non-hydrogen) atoms. The molecule has 1 fully saturated rings. The summed E-state index contributed by atoms with van der Waals surface area (Å²) in [6, 6.07) is 0. The highest BCUT2D eigenvalue weighted by atomic mass is 16.5. The molecule has 0 aromatic carbocycles. The van der Waals surface area contributed by atoms with Gasteiger partial charge in [0.1, 0.15) is 0 Å². The number of carboxylic acids is 2. The van der Waals surface area contributed by atoms with E-state index in [-0.39, 0.29) is 6.42 Å². The fraction of sp³-hybridized carbons (Fsp3) is 0.833. The molecule has 0 radical (unpaired) electrons. The van der Waals surface area contributed by atoms with Crippen LogP contribution >= 0.6 is 0 Å². The zero-order valence-electron chi connectivity index (χ0n) is 10.5. The molecular weight excluding hydrogens is 224 g/mol. The first-order chi connectivity index (χ1) is 7.70. The molecule has 5 heteroatoms. The van der Waals surface area contributed by atoms with Gasteiger partial charge in [0.15, 0.2) is 5.41 Å². The van der Waals surface area contributed by atoms with Gasteiger partial charge in [-0.15, -0.1) is 0 Å². The van der Waals surface area contributed by atoms with Gasteiger partial charge in [-0.05, 0) is 33.6 Å². The van der Waals surface area contributed by atoms with Gasteiger partial charge in [0, 0.05) is 0 Å². The normalized spacial score (nSPS) is 24.3. The predicted molar refractivity (Wildman–Crippen MR) is 60.8 cm³/mol. The summed E-state index contributed by atoms with van der Waals surface area (Å²) in [5.74, 6) is -2.59. The standard InChI is InChI=1S/C12H20O5/c1-11(2,3)17-8-6-4-5-7-12(8,9(13)14)10(15)16/h8H,4-7H2,1-3H3,(H,13,14)(H,15,16). The Kier molecular flexibility index (Phi) is 3.81. The van der Waals surface area contributed by atoms with Crippen molar-refractivity contribution in [1.82, 2.24) is 0 Å². The van der Waals surface area contributed by atoms with E-state index in [1.165, 1.54) is 0 Å². The minimum absolute atomic E-state index is 0.137. The number of carbonyl (C=O) groups is 2. The van der Waals surface area contributed by atoms with Crippen LogP contribution in [0.3, 0.4) is 0 Å². The monoisotopic (exact) mass is 244 g/mol. The average molecular weight is 244 g/mol. The van der Waals surface area contributed by atoms with Crippen molar-refractivity contribution in [3.63, 3.8) is 0 Å². The van der Waals surface area contributed by atoms with Gasteiger partial charge in [-0.1, -0.05) is 12.8 Å². The quantitative estimate of drug-likeness (QED) is 0.741. The largest absolute Gasteiger partial charge is 0.480 e. The molecule has 0 spiro atoms. The molecule has 0 bridgehead atoms. The van der Waals surface area contributed by atoms with Gasteiger partial charge in [0.2, 0.25) is 0 Å². The molecule has 0 aromatic heterocycles. The third-order valence-corrected chi connectivity index (χ3v) is 3.10. The van der Waals surface area contributed by atoms with Gasteiger partial charge >= 0.3 is 11.9 Å². The number of ether oxygens (including phenoxy) is 1. The van der Waals surface area contributed by atoms with Gasteiger partial charge in [-0.3, -0.25) is 9.59 Å². The molecule has 2 N–H and O–H groups in total. The minimum Gasteiger partial charge on any atom is -0.480 e. The van der Waals surface area contributed by atoms with Crippen molar-refractivity contribution in [3.8, 4) is 0 Å². The number of hydrogen-bond donors (Lipinski definition) is 2. The molecule has 1 rings (SSSR count). The highest BCUT2D eigenvalue weighted by Crippen LogP contribution is 2.40. The summed E-state index contributed by atoms with van der Waals surface area (Å²) in [5.41, 5.74) is -2.33. The van der Waals surface area contributed by atoms with E-state index in [2.05, 4.69) is 0 Å². The fourth-order valence-corrected chi connectivity index (χ4v) is 2.31. The van der Waals surface area contributed by atoms with Crippen LogP contribution in [0.5, 0.6) is 0 Å². The second-order valence-corrected chi connectivity index (χ2v) is 5.55. The minimum atomic E-state index is -1.79. The van der Waals surface area contributed by atoms with E-state index in [0.29, 0.717) is 12.8 Å². The third-order valence-electron chi connectivity index (χ3n) is 3.10. The van der Waals surface area contributed by atoms with Crippen molar-refractivity contribution in [2.24, 2.45) is 5.41 Å². The van der Waals surface area contributed by atoms with Crippen LogP contribution in [0.25, 0.3) is 0 Å². The first-order valence-corrected chi connectivity index (χ1v) is 5.85. The summed E-state index contributed by atoms with van der Waals surface area (Å²) in [6.45, 7) is 5.40. The summed E-state index contributed by atoms with van der Waals surface area (Å²) in [4.78, 5) is 22.7. The first-order valence-electron chi connectivity index (χ1n) is 5.85. The summed E-state index contributed by atoms with van der Waals surface area (Å²) in [5, 5.41) is 18.5. The van der Waals surface area contributed by atoms with Crippen molar-refractivity contribution in [2.75, 3.05) is 0 Å². The number of aliphatic carboxylic acids is 2. The molecule has 0 aromatic rings. The smallest absolute Gasteiger partial charge is 0.323 e. The van der Waals surface area contributed by atoms with Crippen molar-refractivity contribution in [3.05, 3.63) is 0 Å². The molecule has 0 amide bonds. The number of hydrogen-bond acceptors (Lipinski definition) is 3. The van der Waals surface area contributed by atoms with Crippen LogP contribution in [0.1, 0.15) is 46.5 Å². The second kappa shape index (κ2) is 4.64. The average Bonchev–Trinajstić information content (AvgIpc) is 2.15. The maximum Gasteiger partial charge on any atom is 0.323 e. The summed E-state index contributed by atoms with van der Waals surface area (Å²) in [7, 11) is 0. The Labute approximate surface area is 101 Å². The Morgan fingerprint density at radius 3 is 2.12 bits per heavy atom. The van der Waals surface area contributed by atoms with E-state index in [0.717, 1.165) is 6.42 Å². The van der Waals surface area contributed by atoms with Gasteiger partial charge in [0.25, 0.3) is 0 Å². The molecule has 0 saturated heterocycles. The van der Waals surface area contributed by atoms with E-state index in [1.54, 1.807) is 20.8 Å². The Morgan fingerprint density at radius 1 is 1.18 bits per heavy atom. The fourth-order valence-electron chi connectivity index (χ4n) is 2.31. The van der Waals surface area contributed by atoms with E-state index < -0.39 is 29.1 Å². The summed E-state index contributed by atoms with van der Waals surface area (Å²) >= 11 is 0. The Morgan fingerprint density at radius 2 is 1.71 bits per heavy atom. The van der Waals surface area contributed by atoms with Gasteiger partial charge in [-0.2, -0.15) is 0 Å². The van der Waals surface area contributed by atoms with E-state index in [1.807, 2.05) is 0 Å². The molecule has 1 saturated carbocycles. The summed E-state index contributed by atoms with van der Waals surface area (Å²) in [6.07, 6.45) is 1.28. The van der Waals surface area contributed by atoms with Gasteiger partial charge < -0.3 is 14.9 Å². The van der Waals surface area contributed by atoms with Crippen LogP contribution in [0.2, 0.25) is 0 Å². The second-order valence-electron chi connectivity index (χ2n) is 5.55. The van der Waals surface area contributed by atoms with Crippen LogP contribution in [0, 0.1) is 5.41 Å². The lowest BCUT2D eigenvalue weighted by molar-refractivity contribution is -0.191. The van der Waals surface area contributed by atoms with E-state index in [4.69, 9.17) is 4.74 Å². The first kappa shape index (κ1) is 14.0. The summed E-state index contributed by atoms with van der Waals surface area (Å²) < 4.78 is 5.66. The molecule has 1 atom stereocenters. The Balaban J connectivity index is 3.05. The Bertz CT molecular complexity index is 301. The highest BCUT2D eigenvalue weighted by Gasteiger charge is 2.55. The molecule has 0 aliphatic heterocycles. The van der Waals surface area contributed by atoms with Crippen LogP contribution < -0.4 is 0 Å². The maximum atomic E-state index is 11.4. The van der Waals surface area contributed by atoms with E-state index in [9.17, 15) is 19.8 Å². The van der Waals surface area contributed by atoms with Crippen molar-refractivity contribution >= 4 is 11.9 Å². The van der Waals surface area contributed by atoms with Gasteiger partial charge in [-0.25, -0.2) is 0 Å². The number of carboxylic acid groups (broad SMARTS) is 2. The van der Waals surface area contributed by atoms with Crippen molar-refractivity contribution in [2.45, 2.75) is 58.2 Å². The molecule has 5 nitrogen and oxygen atoms in total. The lowest BCUT2D eigenvalue weighted by Crippen LogP contribution is -2.53. The van der Waals surface area contributed by atoms with Crippen LogP contribution in [0.4, 0.5) is 0 Å². The van der Waals surface area contributed by atoms with Crippen LogP contribution in [-0.4, -0.2) is 33.9 Å². The molecule has 0 heterocycles. The highest BCUT2D eigenvalue weighted by molar-refractivity contribution is 5.99. The zero-order valence-corrected chi connectivity index (χ0v) is 10.5. The number of rotatable bonds is 3. The lowest BCUT2D eigenvalue weighted by Gasteiger charge is -2.40. The lowest BCUT2D eigenvalue weighted by atomic mass is 9.71. The predicted octanol–water partition coefficient (Wildman–Crippen LogP) is 1.90. The SMILES string of the molecule is CC(C)(C)OC1CCCCC1(C(=O)O)C(=O)O. The Hall–Kier alpha value is -1.10. The molecule has 1 unspecified atom stereocenters. The van der Waals surface area contributed by atoms with Crippen LogP contribution in [0.15, 0.2) is 0 Å². The zero-order chi connectivity index (χ0) is 13.3. The van der Waals surface area contributed by atoms with Gasteiger partial charge in [0.05, 0.1) is 11.7 Å². The molecule has 98 valence electrons. The van der Waals surface area contributed by atoms with Crippen LogP contribution in [-0.2, 0) is 14.3 Å². The maximum absolute atomic E-state index is 11.4. The molecule has 1 aliphatic rings. The van der Waals surface area contributed by atoms with Crippen molar-refractivity contribution in [1.29, 1.82) is 0 Å². The third kappa shape index (κ3) is 2.77. The van der Waals surface area contributed by atoms with Crippen molar-refractivity contribution < 1.29 is 24.5 Å². The topological polar surface area (TPSA) is 83.8 Å².